The average Bonchev–Trinajstić information content (AvgIpc) is 2.89. The Kier molecular flexibility index (Phi) is 5.01. The molecular formula is C14H21NO4. The van der Waals surface area contributed by atoms with Crippen LogP contribution in [0.1, 0.15) is 25.5 Å². The molecule has 1 aromatic rings. The molecule has 0 spiro atoms. The summed E-state index contributed by atoms with van der Waals surface area (Å²) < 4.78 is 21.5. The van der Waals surface area contributed by atoms with Crippen molar-refractivity contribution in [1.82, 2.24) is 0 Å². The van der Waals surface area contributed by atoms with Gasteiger partial charge in [0, 0.05) is 6.61 Å². The third kappa shape index (κ3) is 3.83. The highest BCUT2D eigenvalue weighted by Crippen LogP contribution is 2.33. The summed E-state index contributed by atoms with van der Waals surface area (Å²) in [5, 5.41) is 0. The van der Waals surface area contributed by atoms with E-state index in [0.717, 1.165) is 17.1 Å². The van der Waals surface area contributed by atoms with Crippen LogP contribution >= 0.6 is 0 Å². The van der Waals surface area contributed by atoms with E-state index in [-0.39, 0.29) is 18.9 Å². The molecule has 5 nitrogen and oxygen atoms in total. The van der Waals surface area contributed by atoms with E-state index in [1.165, 1.54) is 0 Å². The predicted molar refractivity (Wildman–Crippen MR) is 71.4 cm³/mol. The number of nitrogens with two attached hydrogens (primary N) is 1. The summed E-state index contributed by atoms with van der Waals surface area (Å²) in [4.78, 5) is 0. The minimum Gasteiger partial charge on any atom is -0.454 e. The molecule has 2 rings (SSSR count). The molecule has 0 bridgehead atoms. The van der Waals surface area contributed by atoms with E-state index >= 15 is 0 Å². The zero-order chi connectivity index (χ0) is 13.7. The molecule has 0 amide bonds. The molecule has 0 aliphatic carbocycles. The topological polar surface area (TPSA) is 62.9 Å². The molecule has 5 heteroatoms. The van der Waals surface area contributed by atoms with Gasteiger partial charge < -0.3 is 24.7 Å². The molecule has 1 heterocycles. The van der Waals surface area contributed by atoms with Gasteiger partial charge in [0.1, 0.15) is 0 Å². The van der Waals surface area contributed by atoms with Crippen molar-refractivity contribution >= 4 is 0 Å². The molecule has 2 unspecified atom stereocenters. The van der Waals surface area contributed by atoms with Gasteiger partial charge in [0.05, 0.1) is 25.4 Å². The number of ether oxygens (including phenoxy) is 4. The fraction of sp³-hybridized carbons (Fsp3) is 0.571. The second-order valence-corrected chi connectivity index (χ2v) is 4.52. The Morgan fingerprint density at radius 3 is 2.84 bits per heavy atom. The van der Waals surface area contributed by atoms with Crippen LogP contribution in [0, 0.1) is 0 Å². The molecule has 0 fully saturated rings. The van der Waals surface area contributed by atoms with E-state index in [1.54, 1.807) is 0 Å². The van der Waals surface area contributed by atoms with Crippen molar-refractivity contribution < 1.29 is 18.9 Å². The Morgan fingerprint density at radius 1 is 1.26 bits per heavy atom. The van der Waals surface area contributed by atoms with Crippen LogP contribution in [-0.2, 0) is 9.47 Å². The van der Waals surface area contributed by atoms with Crippen molar-refractivity contribution in [3.63, 3.8) is 0 Å². The van der Waals surface area contributed by atoms with Gasteiger partial charge in [0.25, 0.3) is 0 Å². The Labute approximate surface area is 113 Å². The summed E-state index contributed by atoms with van der Waals surface area (Å²) in [7, 11) is 0. The molecular weight excluding hydrogens is 246 g/mol. The number of benzene rings is 1. The maximum Gasteiger partial charge on any atom is 0.231 e. The van der Waals surface area contributed by atoms with E-state index < -0.39 is 0 Å². The lowest BCUT2D eigenvalue weighted by atomic mass is 10.1. The van der Waals surface area contributed by atoms with E-state index in [1.807, 2.05) is 32.0 Å². The average molecular weight is 267 g/mol. The lowest BCUT2D eigenvalue weighted by Gasteiger charge is -2.17. The quantitative estimate of drug-likeness (QED) is 0.817. The van der Waals surface area contributed by atoms with Crippen LogP contribution in [0.5, 0.6) is 11.5 Å². The zero-order valence-corrected chi connectivity index (χ0v) is 11.4. The Bertz CT molecular complexity index is 410. The Hall–Kier alpha value is -1.30. The van der Waals surface area contributed by atoms with Gasteiger partial charge in [-0.1, -0.05) is 6.07 Å². The van der Waals surface area contributed by atoms with E-state index in [0.29, 0.717) is 19.8 Å². The molecule has 1 aliphatic rings. The number of fused-ring (bicyclic) bond motifs is 1. The predicted octanol–water partition coefficient (Wildman–Crippen LogP) is 1.86. The second kappa shape index (κ2) is 6.75. The van der Waals surface area contributed by atoms with Gasteiger partial charge in [0.15, 0.2) is 11.5 Å². The maximum absolute atomic E-state index is 6.10. The summed E-state index contributed by atoms with van der Waals surface area (Å²) in [6, 6.07) is 5.54. The highest BCUT2D eigenvalue weighted by molar-refractivity contribution is 5.45. The van der Waals surface area contributed by atoms with E-state index in [4.69, 9.17) is 24.7 Å². The highest BCUT2D eigenvalue weighted by Gasteiger charge is 2.16. The number of rotatable bonds is 7. The van der Waals surface area contributed by atoms with Crippen molar-refractivity contribution in [2.75, 3.05) is 26.6 Å². The first kappa shape index (κ1) is 14.1. The van der Waals surface area contributed by atoms with Crippen LogP contribution in [0.2, 0.25) is 0 Å². The SMILES string of the molecule is CCOCC(C)OCC(N)c1ccc2c(c1)OCO2. The fourth-order valence-corrected chi connectivity index (χ4v) is 1.84. The molecule has 0 aromatic heterocycles. The second-order valence-electron chi connectivity index (χ2n) is 4.52. The Morgan fingerprint density at radius 2 is 2.05 bits per heavy atom. The van der Waals surface area contributed by atoms with Crippen molar-refractivity contribution in [2.24, 2.45) is 5.73 Å². The number of hydrogen-bond acceptors (Lipinski definition) is 5. The molecule has 2 atom stereocenters. The highest BCUT2D eigenvalue weighted by atomic mass is 16.7. The van der Waals surface area contributed by atoms with Gasteiger partial charge in [-0.25, -0.2) is 0 Å². The third-order valence-electron chi connectivity index (χ3n) is 2.94. The van der Waals surface area contributed by atoms with Gasteiger partial charge in [-0.15, -0.1) is 0 Å². The van der Waals surface area contributed by atoms with Crippen LogP contribution in [0.3, 0.4) is 0 Å². The lowest BCUT2D eigenvalue weighted by Crippen LogP contribution is -2.23. The third-order valence-corrected chi connectivity index (χ3v) is 2.94. The monoisotopic (exact) mass is 267 g/mol. The first-order chi connectivity index (χ1) is 9.20. The van der Waals surface area contributed by atoms with Crippen LogP contribution < -0.4 is 15.2 Å². The van der Waals surface area contributed by atoms with Crippen molar-refractivity contribution in [2.45, 2.75) is 26.0 Å². The van der Waals surface area contributed by atoms with Crippen molar-refractivity contribution in [3.05, 3.63) is 23.8 Å². The largest absolute Gasteiger partial charge is 0.454 e. The van der Waals surface area contributed by atoms with E-state index in [2.05, 4.69) is 0 Å². The summed E-state index contributed by atoms with van der Waals surface area (Å²) in [5.74, 6) is 1.51. The van der Waals surface area contributed by atoms with Crippen LogP contribution in [0.4, 0.5) is 0 Å². The maximum atomic E-state index is 6.10. The molecule has 0 saturated heterocycles. The molecule has 106 valence electrons. The molecule has 0 radical (unpaired) electrons. The molecule has 19 heavy (non-hydrogen) atoms. The van der Waals surface area contributed by atoms with Crippen molar-refractivity contribution in [3.8, 4) is 11.5 Å². The summed E-state index contributed by atoms with van der Waals surface area (Å²) in [5.41, 5.74) is 7.08. The smallest absolute Gasteiger partial charge is 0.231 e. The molecule has 1 aromatic carbocycles. The minimum absolute atomic E-state index is 0.0417. The van der Waals surface area contributed by atoms with Gasteiger partial charge in [0.2, 0.25) is 6.79 Å². The normalized spacial score (nSPS) is 16.4. The zero-order valence-electron chi connectivity index (χ0n) is 11.4. The number of hydrogen-bond donors (Lipinski definition) is 1. The van der Waals surface area contributed by atoms with E-state index in [9.17, 15) is 0 Å². The fourth-order valence-electron chi connectivity index (χ4n) is 1.84. The molecule has 2 N–H and O–H groups in total. The van der Waals surface area contributed by atoms with Crippen LogP contribution in [0.25, 0.3) is 0 Å². The minimum atomic E-state index is -0.182. The molecule has 1 aliphatic heterocycles. The Balaban J connectivity index is 1.84. The van der Waals surface area contributed by atoms with Crippen LogP contribution in [0.15, 0.2) is 18.2 Å². The first-order valence-electron chi connectivity index (χ1n) is 6.55. The van der Waals surface area contributed by atoms with Gasteiger partial charge in [-0.2, -0.15) is 0 Å². The lowest BCUT2D eigenvalue weighted by molar-refractivity contribution is -0.00836. The molecule has 0 saturated carbocycles. The summed E-state index contributed by atoms with van der Waals surface area (Å²) in [6.07, 6.45) is 0.0417. The van der Waals surface area contributed by atoms with Crippen LogP contribution in [-0.4, -0.2) is 32.7 Å². The summed E-state index contributed by atoms with van der Waals surface area (Å²) >= 11 is 0. The first-order valence-corrected chi connectivity index (χ1v) is 6.55. The van der Waals surface area contributed by atoms with Gasteiger partial charge in [-0.3, -0.25) is 0 Å². The van der Waals surface area contributed by atoms with Gasteiger partial charge in [-0.05, 0) is 31.5 Å². The van der Waals surface area contributed by atoms with Crippen molar-refractivity contribution in [1.29, 1.82) is 0 Å². The van der Waals surface area contributed by atoms with Gasteiger partial charge >= 0.3 is 0 Å². The standard InChI is InChI=1S/C14H21NO4/c1-3-16-7-10(2)17-8-12(15)11-4-5-13-14(6-11)19-9-18-13/h4-6,10,12H,3,7-9,15H2,1-2H3. The summed E-state index contributed by atoms with van der Waals surface area (Å²) in [6.45, 7) is 5.95.